The van der Waals surface area contributed by atoms with E-state index in [0.717, 1.165) is 16.8 Å². The van der Waals surface area contributed by atoms with E-state index in [1.807, 2.05) is 33.7 Å². The van der Waals surface area contributed by atoms with Gasteiger partial charge in [-0.05, 0) is 47.5 Å². The molecule has 0 spiro atoms. The van der Waals surface area contributed by atoms with Gasteiger partial charge in [-0.15, -0.1) is 0 Å². The Morgan fingerprint density at radius 1 is 0.812 bits per heavy atom. The van der Waals surface area contributed by atoms with Gasteiger partial charge in [0.05, 0.1) is 6.04 Å². The molecular formula is C25H22F2N4O. The van der Waals surface area contributed by atoms with Gasteiger partial charge < -0.3 is 9.30 Å². The molecule has 1 aliphatic heterocycles. The van der Waals surface area contributed by atoms with E-state index in [2.05, 4.69) is 9.88 Å². The summed E-state index contributed by atoms with van der Waals surface area (Å²) in [6.45, 7) is 2.37. The number of carbonyl (C=O) groups is 1. The van der Waals surface area contributed by atoms with Crippen LogP contribution in [0.4, 0.5) is 8.78 Å². The topological polar surface area (TPSA) is 40.9 Å². The van der Waals surface area contributed by atoms with Crippen LogP contribution in [0.3, 0.4) is 0 Å². The van der Waals surface area contributed by atoms with Crippen LogP contribution < -0.4 is 0 Å². The Kier molecular flexibility index (Phi) is 5.41. The lowest BCUT2D eigenvalue weighted by atomic mass is 9.96. The molecule has 1 saturated heterocycles. The summed E-state index contributed by atoms with van der Waals surface area (Å²) in [5.74, 6) is -0.683. The van der Waals surface area contributed by atoms with Crippen molar-refractivity contribution >= 4 is 11.6 Å². The van der Waals surface area contributed by atoms with Gasteiger partial charge in [0.25, 0.3) is 5.91 Å². The Bertz CT molecular complexity index is 1150. The minimum absolute atomic E-state index is 0.0894. The average Bonchev–Trinajstić information content (AvgIpc) is 3.26. The number of benzene rings is 2. The van der Waals surface area contributed by atoms with Gasteiger partial charge >= 0.3 is 0 Å². The molecule has 5 rings (SSSR count). The second-order valence-corrected chi connectivity index (χ2v) is 7.93. The second kappa shape index (κ2) is 8.51. The number of rotatable bonds is 4. The molecule has 1 amide bonds. The third-order valence-corrected chi connectivity index (χ3v) is 5.92. The average molecular weight is 432 g/mol. The number of imidazole rings is 1. The number of halogens is 2. The van der Waals surface area contributed by atoms with Crippen molar-refractivity contribution in [2.75, 3.05) is 26.2 Å². The van der Waals surface area contributed by atoms with Crippen molar-refractivity contribution in [3.8, 4) is 0 Å². The molecule has 0 unspecified atom stereocenters. The molecule has 0 atom stereocenters. The van der Waals surface area contributed by atoms with Gasteiger partial charge in [0, 0.05) is 38.6 Å². The summed E-state index contributed by atoms with van der Waals surface area (Å²) >= 11 is 0. The zero-order chi connectivity index (χ0) is 22.1. The Morgan fingerprint density at radius 3 is 1.97 bits per heavy atom. The highest BCUT2D eigenvalue weighted by Crippen LogP contribution is 2.30. The van der Waals surface area contributed by atoms with Crippen molar-refractivity contribution in [3.05, 3.63) is 108 Å². The van der Waals surface area contributed by atoms with Gasteiger partial charge in [-0.3, -0.25) is 9.69 Å². The van der Waals surface area contributed by atoms with Gasteiger partial charge in [-0.2, -0.15) is 0 Å². The minimum atomic E-state index is -0.297. The molecule has 0 saturated carbocycles. The van der Waals surface area contributed by atoms with Crippen LogP contribution in [-0.4, -0.2) is 51.3 Å². The van der Waals surface area contributed by atoms with Gasteiger partial charge in [0.1, 0.15) is 23.0 Å². The number of hydrogen-bond donors (Lipinski definition) is 0. The molecule has 4 aromatic rings. The molecule has 5 nitrogen and oxygen atoms in total. The Hall–Kier alpha value is -3.58. The van der Waals surface area contributed by atoms with Gasteiger partial charge in [0.2, 0.25) is 0 Å². The molecule has 1 fully saturated rings. The SMILES string of the molecule is O=C(c1cn2ccccc2n1)N1CCN(C(c2ccc(F)cc2)c2ccc(F)cc2)CC1. The highest BCUT2D eigenvalue weighted by Gasteiger charge is 2.29. The summed E-state index contributed by atoms with van der Waals surface area (Å²) in [6, 6.07) is 18.3. The number of carbonyl (C=O) groups excluding carboxylic acids is 1. The van der Waals surface area contributed by atoms with E-state index >= 15 is 0 Å². The standard InChI is InChI=1S/C25H22F2N4O/c26-20-8-4-18(5-9-20)24(19-6-10-21(27)11-7-19)29-13-15-30(16-14-29)25(32)22-17-31-12-2-1-3-23(31)28-22/h1-12,17,24H,13-16H2. The molecule has 32 heavy (non-hydrogen) atoms. The van der Waals surface area contributed by atoms with Gasteiger partial charge in [-0.1, -0.05) is 30.3 Å². The number of piperazine rings is 1. The van der Waals surface area contributed by atoms with Crippen LogP contribution in [0.25, 0.3) is 5.65 Å². The summed E-state index contributed by atoms with van der Waals surface area (Å²) in [4.78, 5) is 21.5. The number of fused-ring (bicyclic) bond motifs is 1. The predicted octanol–water partition coefficient (Wildman–Crippen LogP) is 4.16. The minimum Gasteiger partial charge on any atom is -0.335 e. The Labute approximate surface area is 184 Å². The maximum Gasteiger partial charge on any atom is 0.274 e. The lowest BCUT2D eigenvalue weighted by molar-refractivity contribution is 0.0592. The Balaban J connectivity index is 1.35. The predicted molar refractivity (Wildman–Crippen MR) is 117 cm³/mol. The molecule has 0 N–H and O–H groups in total. The van der Waals surface area contributed by atoms with Crippen molar-refractivity contribution < 1.29 is 13.6 Å². The number of hydrogen-bond acceptors (Lipinski definition) is 3. The largest absolute Gasteiger partial charge is 0.335 e. The molecule has 1 aliphatic rings. The monoisotopic (exact) mass is 432 g/mol. The first-order valence-corrected chi connectivity index (χ1v) is 10.6. The fourth-order valence-corrected chi connectivity index (χ4v) is 4.29. The van der Waals surface area contributed by atoms with Crippen molar-refractivity contribution in [2.24, 2.45) is 0 Å². The Morgan fingerprint density at radius 2 is 1.41 bits per heavy atom. The first-order chi connectivity index (χ1) is 15.6. The first kappa shape index (κ1) is 20.3. The van der Waals surface area contributed by atoms with E-state index in [-0.39, 0.29) is 23.6 Å². The van der Waals surface area contributed by atoms with E-state index in [1.54, 1.807) is 30.5 Å². The van der Waals surface area contributed by atoms with E-state index in [1.165, 1.54) is 24.3 Å². The highest BCUT2D eigenvalue weighted by atomic mass is 19.1. The lowest BCUT2D eigenvalue weighted by Gasteiger charge is -2.39. The van der Waals surface area contributed by atoms with Crippen LogP contribution >= 0.6 is 0 Å². The zero-order valence-corrected chi connectivity index (χ0v) is 17.4. The normalized spacial score (nSPS) is 14.9. The summed E-state index contributed by atoms with van der Waals surface area (Å²) in [6.07, 6.45) is 3.62. The molecule has 2 aromatic carbocycles. The van der Waals surface area contributed by atoms with Crippen molar-refractivity contribution in [1.29, 1.82) is 0 Å². The van der Waals surface area contributed by atoms with E-state index in [9.17, 15) is 13.6 Å². The third kappa shape index (κ3) is 3.99. The van der Waals surface area contributed by atoms with Crippen LogP contribution in [0.1, 0.15) is 27.7 Å². The van der Waals surface area contributed by atoms with Crippen molar-refractivity contribution in [3.63, 3.8) is 0 Å². The summed E-state index contributed by atoms with van der Waals surface area (Å²) < 4.78 is 28.9. The quantitative estimate of drug-likeness (QED) is 0.486. The fourth-order valence-electron chi connectivity index (χ4n) is 4.29. The molecule has 2 aromatic heterocycles. The van der Waals surface area contributed by atoms with Crippen LogP contribution in [-0.2, 0) is 0 Å². The van der Waals surface area contributed by atoms with Gasteiger partial charge in [-0.25, -0.2) is 13.8 Å². The molecule has 7 heteroatoms. The summed E-state index contributed by atoms with van der Waals surface area (Å²) in [5, 5.41) is 0. The number of aromatic nitrogens is 2. The number of nitrogens with zero attached hydrogens (tertiary/aromatic N) is 4. The lowest BCUT2D eigenvalue weighted by Crippen LogP contribution is -2.50. The number of pyridine rings is 1. The maximum absolute atomic E-state index is 13.5. The van der Waals surface area contributed by atoms with Crippen LogP contribution in [0, 0.1) is 11.6 Å². The van der Waals surface area contributed by atoms with Crippen LogP contribution in [0.5, 0.6) is 0 Å². The van der Waals surface area contributed by atoms with E-state index < -0.39 is 0 Å². The molecule has 0 radical (unpaired) electrons. The van der Waals surface area contributed by atoms with Crippen LogP contribution in [0.15, 0.2) is 79.1 Å². The van der Waals surface area contributed by atoms with E-state index in [4.69, 9.17) is 0 Å². The van der Waals surface area contributed by atoms with Crippen LogP contribution in [0.2, 0.25) is 0 Å². The van der Waals surface area contributed by atoms with Crippen molar-refractivity contribution in [1.82, 2.24) is 19.2 Å². The molecule has 0 aliphatic carbocycles. The summed E-state index contributed by atoms with van der Waals surface area (Å²) in [5.41, 5.74) is 3.02. The van der Waals surface area contributed by atoms with Crippen molar-refractivity contribution in [2.45, 2.75) is 6.04 Å². The first-order valence-electron chi connectivity index (χ1n) is 10.6. The third-order valence-electron chi connectivity index (χ3n) is 5.92. The highest BCUT2D eigenvalue weighted by molar-refractivity contribution is 5.93. The second-order valence-electron chi connectivity index (χ2n) is 7.93. The fraction of sp³-hybridized carbons (Fsp3) is 0.200. The zero-order valence-electron chi connectivity index (χ0n) is 17.4. The molecule has 162 valence electrons. The van der Waals surface area contributed by atoms with E-state index in [0.29, 0.717) is 31.9 Å². The molecule has 3 heterocycles. The molecular weight excluding hydrogens is 410 g/mol. The van der Waals surface area contributed by atoms with Gasteiger partial charge in [0.15, 0.2) is 0 Å². The smallest absolute Gasteiger partial charge is 0.274 e. The molecule has 0 bridgehead atoms. The number of amides is 1. The maximum atomic E-state index is 13.5. The summed E-state index contributed by atoms with van der Waals surface area (Å²) in [7, 11) is 0.